The van der Waals surface area contributed by atoms with Crippen molar-refractivity contribution < 1.29 is 9.66 Å². The average Bonchev–Trinajstić information content (AvgIpc) is 2.88. The third-order valence-electron chi connectivity index (χ3n) is 4.28. The molecule has 0 aromatic heterocycles. The lowest BCUT2D eigenvalue weighted by molar-refractivity contribution is -0.384. The molecule has 0 radical (unpaired) electrons. The van der Waals surface area contributed by atoms with Crippen molar-refractivity contribution in [2.45, 2.75) is 37.8 Å². The SMILES string of the molecule is O=[N+]([O-])c1ccc(Br)cc1NC1CCCC2OCCC12. The second kappa shape index (κ2) is 5.69. The first-order valence-corrected chi connectivity index (χ1v) is 7.76. The smallest absolute Gasteiger partial charge is 0.292 e. The summed E-state index contributed by atoms with van der Waals surface area (Å²) in [4.78, 5) is 10.8. The van der Waals surface area contributed by atoms with Crippen LogP contribution in [0.4, 0.5) is 11.4 Å². The van der Waals surface area contributed by atoms with E-state index < -0.39 is 0 Å². The van der Waals surface area contributed by atoms with Crippen molar-refractivity contribution >= 4 is 27.3 Å². The Kier molecular flexibility index (Phi) is 3.94. The highest BCUT2D eigenvalue weighted by molar-refractivity contribution is 9.10. The largest absolute Gasteiger partial charge is 0.378 e. The molecule has 2 fully saturated rings. The number of nitro groups is 1. The third kappa shape index (κ3) is 2.67. The minimum atomic E-state index is -0.333. The zero-order chi connectivity index (χ0) is 14.1. The second-order valence-electron chi connectivity index (χ2n) is 5.46. The van der Waals surface area contributed by atoms with Gasteiger partial charge < -0.3 is 10.1 Å². The van der Waals surface area contributed by atoms with Gasteiger partial charge in [0.05, 0.1) is 11.0 Å². The topological polar surface area (TPSA) is 64.4 Å². The summed E-state index contributed by atoms with van der Waals surface area (Å²) in [6, 6.07) is 5.30. The lowest BCUT2D eigenvalue weighted by Crippen LogP contribution is -2.38. The number of ether oxygens (including phenoxy) is 1. The van der Waals surface area contributed by atoms with E-state index in [0.717, 1.165) is 36.8 Å². The van der Waals surface area contributed by atoms with Gasteiger partial charge in [0.15, 0.2) is 0 Å². The first kappa shape index (κ1) is 13.8. The second-order valence-corrected chi connectivity index (χ2v) is 6.38. The first-order chi connectivity index (χ1) is 9.65. The number of anilines is 1. The maximum atomic E-state index is 11.1. The van der Waals surface area contributed by atoms with Gasteiger partial charge in [-0.3, -0.25) is 10.1 Å². The van der Waals surface area contributed by atoms with Crippen LogP contribution in [0.25, 0.3) is 0 Å². The fourth-order valence-corrected chi connectivity index (χ4v) is 3.70. The summed E-state index contributed by atoms with van der Waals surface area (Å²) in [7, 11) is 0. The summed E-state index contributed by atoms with van der Waals surface area (Å²) in [5, 5.41) is 14.5. The summed E-state index contributed by atoms with van der Waals surface area (Å²) in [6.45, 7) is 0.814. The van der Waals surface area contributed by atoms with Crippen LogP contribution in [0.1, 0.15) is 25.7 Å². The van der Waals surface area contributed by atoms with Gasteiger partial charge >= 0.3 is 0 Å². The predicted octanol–water partition coefficient (Wildman–Crippen LogP) is 3.73. The summed E-state index contributed by atoms with van der Waals surface area (Å²) >= 11 is 3.38. The van der Waals surface area contributed by atoms with Gasteiger partial charge in [-0.15, -0.1) is 0 Å². The van der Waals surface area contributed by atoms with Crippen molar-refractivity contribution in [3.8, 4) is 0 Å². The molecule has 1 heterocycles. The molecule has 1 aliphatic carbocycles. The molecule has 108 valence electrons. The van der Waals surface area contributed by atoms with Crippen molar-refractivity contribution in [3.63, 3.8) is 0 Å². The van der Waals surface area contributed by atoms with Crippen LogP contribution in [-0.4, -0.2) is 23.7 Å². The predicted molar refractivity (Wildman–Crippen MR) is 79.9 cm³/mol. The average molecular weight is 341 g/mol. The number of halogens is 1. The Balaban J connectivity index is 1.83. The van der Waals surface area contributed by atoms with Crippen LogP contribution in [0.3, 0.4) is 0 Å². The molecule has 1 aromatic rings. The van der Waals surface area contributed by atoms with Gasteiger partial charge in [0.2, 0.25) is 0 Å². The maximum Gasteiger partial charge on any atom is 0.292 e. The van der Waals surface area contributed by atoms with Crippen molar-refractivity contribution in [2.75, 3.05) is 11.9 Å². The van der Waals surface area contributed by atoms with E-state index in [2.05, 4.69) is 21.2 Å². The Bertz CT molecular complexity index is 523. The normalized spacial score (nSPS) is 28.9. The molecule has 2 aliphatic rings. The molecule has 0 bridgehead atoms. The number of fused-ring (bicyclic) bond motifs is 1. The molecule has 1 aromatic carbocycles. The number of benzene rings is 1. The summed E-state index contributed by atoms with van der Waals surface area (Å²) in [5.41, 5.74) is 0.733. The van der Waals surface area contributed by atoms with Crippen LogP contribution in [0, 0.1) is 16.0 Å². The third-order valence-corrected chi connectivity index (χ3v) is 4.77. The van der Waals surface area contributed by atoms with E-state index >= 15 is 0 Å². The van der Waals surface area contributed by atoms with E-state index in [0.29, 0.717) is 17.7 Å². The highest BCUT2D eigenvalue weighted by Crippen LogP contribution is 2.38. The molecule has 0 spiro atoms. The molecule has 1 aliphatic heterocycles. The minimum Gasteiger partial charge on any atom is -0.378 e. The standard InChI is InChI=1S/C14H17BrN2O3/c15-9-4-5-13(17(18)19)12(8-9)16-11-2-1-3-14-10(11)6-7-20-14/h4-5,8,10-11,14,16H,1-3,6-7H2. The van der Waals surface area contributed by atoms with Crippen molar-refractivity contribution in [1.29, 1.82) is 0 Å². The zero-order valence-corrected chi connectivity index (χ0v) is 12.6. The van der Waals surface area contributed by atoms with Gasteiger partial charge in [0.1, 0.15) is 5.69 Å². The Morgan fingerprint density at radius 1 is 1.35 bits per heavy atom. The summed E-state index contributed by atoms with van der Waals surface area (Å²) in [5.74, 6) is 0.474. The van der Waals surface area contributed by atoms with Crippen LogP contribution in [0.5, 0.6) is 0 Å². The van der Waals surface area contributed by atoms with Gasteiger partial charge in [-0.05, 0) is 37.8 Å². The van der Waals surface area contributed by atoms with Gasteiger partial charge in [-0.25, -0.2) is 0 Å². The molecule has 3 rings (SSSR count). The molecule has 1 saturated carbocycles. The van der Waals surface area contributed by atoms with Gasteiger partial charge in [-0.1, -0.05) is 15.9 Å². The monoisotopic (exact) mass is 340 g/mol. The fourth-order valence-electron chi connectivity index (χ4n) is 3.34. The molecule has 1 N–H and O–H groups in total. The number of nitrogens with zero attached hydrogens (tertiary/aromatic N) is 1. The van der Waals surface area contributed by atoms with Crippen LogP contribution in [0.2, 0.25) is 0 Å². The summed E-state index contributed by atoms with van der Waals surface area (Å²) in [6.07, 6.45) is 4.65. The van der Waals surface area contributed by atoms with Crippen LogP contribution in [0.15, 0.2) is 22.7 Å². The van der Waals surface area contributed by atoms with E-state index in [4.69, 9.17) is 4.74 Å². The first-order valence-electron chi connectivity index (χ1n) is 6.97. The molecule has 20 heavy (non-hydrogen) atoms. The molecule has 6 heteroatoms. The Morgan fingerprint density at radius 2 is 2.20 bits per heavy atom. The van der Waals surface area contributed by atoms with Gasteiger partial charge in [0, 0.05) is 29.1 Å². The number of nitrogens with one attached hydrogen (secondary N) is 1. The molecular formula is C14H17BrN2O3. The maximum absolute atomic E-state index is 11.1. The van der Waals surface area contributed by atoms with E-state index in [9.17, 15) is 10.1 Å². The highest BCUT2D eigenvalue weighted by atomic mass is 79.9. The van der Waals surface area contributed by atoms with E-state index in [1.807, 2.05) is 0 Å². The lowest BCUT2D eigenvalue weighted by Gasteiger charge is -2.33. The lowest BCUT2D eigenvalue weighted by atomic mass is 9.81. The highest BCUT2D eigenvalue weighted by Gasteiger charge is 2.38. The van der Waals surface area contributed by atoms with Gasteiger partial charge in [-0.2, -0.15) is 0 Å². The van der Waals surface area contributed by atoms with Crippen LogP contribution >= 0.6 is 15.9 Å². The number of rotatable bonds is 3. The number of hydrogen-bond acceptors (Lipinski definition) is 4. The van der Waals surface area contributed by atoms with Crippen molar-refractivity contribution in [2.24, 2.45) is 5.92 Å². The van der Waals surface area contributed by atoms with Crippen molar-refractivity contribution in [1.82, 2.24) is 0 Å². The fraction of sp³-hybridized carbons (Fsp3) is 0.571. The number of hydrogen-bond donors (Lipinski definition) is 1. The number of nitro benzene ring substituents is 1. The Labute approximate surface area is 126 Å². The molecule has 0 amide bonds. The minimum absolute atomic E-state index is 0.134. The van der Waals surface area contributed by atoms with Gasteiger partial charge in [0.25, 0.3) is 5.69 Å². The molecule has 3 atom stereocenters. The quantitative estimate of drug-likeness (QED) is 0.672. The summed E-state index contributed by atoms with van der Waals surface area (Å²) < 4.78 is 6.59. The molecular weight excluding hydrogens is 324 g/mol. The Morgan fingerprint density at radius 3 is 3.00 bits per heavy atom. The van der Waals surface area contributed by atoms with E-state index in [-0.39, 0.29) is 16.7 Å². The molecule has 5 nitrogen and oxygen atoms in total. The van der Waals surface area contributed by atoms with Crippen LogP contribution in [-0.2, 0) is 4.74 Å². The van der Waals surface area contributed by atoms with Crippen molar-refractivity contribution in [3.05, 3.63) is 32.8 Å². The van der Waals surface area contributed by atoms with E-state index in [1.54, 1.807) is 12.1 Å². The molecule has 3 unspecified atom stereocenters. The van der Waals surface area contributed by atoms with E-state index in [1.165, 1.54) is 6.07 Å². The molecule has 1 saturated heterocycles. The van der Waals surface area contributed by atoms with Crippen LogP contribution < -0.4 is 5.32 Å². The zero-order valence-electron chi connectivity index (χ0n) is 11.0. The Hall–Kier alpha value is -1.14.